The third kappa shape index (κ3) is 2.98. The summed E-state index contributed by atoms with van der Waals surface area (Å²) in [5, 5.41) is 18.8. The Morgan fingerprint density at radius 1 is 1.32 bits per heavy atom. The zero-order valence-corrected chi connectivity index (χ0v) is 11.0. The van der Waals surface area contributed by atoms with Crippen LogP contribution >= 0.6 is 0 Å². The molecule has 0 spiro atoms. The quantitative estimate of drug-likeness (QED) is 0.677. The van der Waals surface area contributed by atoms with E-state index in [4.69, 9.17) is 9.84 Å². The van der Waals surface area contributed by atoms with E-state index in [1.165, 1.54) is 4.90 Å². The van der Waals surface area contributed by atoms with Crippen LogP contribution in [0.4, 0.5) is 4.79 Å². The van der Waals surface area contributed by atoms with Gasteiger partial charge in [-0.3, -0.25) is 0 Å². The van der Waals surface area contributed by atoms with E-state index in [2.05, 4.69) is 0 Å². The third-order valence-electron chi connectivity index (χ3n) is 3.79. The Labute approximate surface area is 111 Å². The van der Waals surface area contributed by atoms with Crippen LogP contribution in [0.3, 0.4) is 0 Å². The molecule has 2 aliphatic heterocycles. The van der Waals surface area contributed by atoms with E-state index < -0.39 is 12.0 Å². The second kappa shape index (κ2) is 5.75. The highest BCUT2D eigenvalue weighted by Crippen LogP contribution is 2.19. The van der Waals surface area contributed by atoms with Crippen molar-refractivity contribution < 1.29 is 24.5 Å². The number of hydrogen-bond donors (Lipinski definition) is 2. The predicted molar refractivity (Wildman–Crippen MR) is 65.7 cm³/mol. The molecular formula is C12H20N2O5. The first kappa shape index (κ1) is 14.1. The van der Waals surface area contributed by atoms with E-state index in [0.29, 0.717) is 32.7 Å². The van der Waals surface area contributed by atoms with Crippen LogP contribution in [-0.4, -0.2) is 77.0 Å². The number of aliphatic carboxylic acids is 1. The molecule has 2 heterocycles. The molecule has 0 aromatic rings. The number of aliphatic hydroxyl groups excluding tert-OH is 1. The van der Waals surface area contributed by atoms with Crippen LogP contribution in [0.15, 0.2) is 0 Å². The molecule has 0 aromatic heterocycles. The van der Waals surface area contributed by atoms with Gasteiger partial charge < -0.3 is 24.7 Å². The number of aliphatic hydroxyl groups is 1. The lowest BCUT2D eigenvalue weighted by molar-refractivity contribution is -0.147. The summed E-state index contributed by atoms with van der Waals surface area (Å²) in [5.74, 6) is -1.03. The van der Waals surface area contributed by atoms with Gasteiger partial charge in [0.1, 0.15) is 0 Å². The number of nitrogens with zero attached hydrogens (tertiary/aromatic N) is 2. The average molecular weight is 272 g/mol. The minimum atomic E-state index is -1.04. The van der Waals surface area contributed by atoms with Crippen molar-refractivity contribution in [2.24, 2.45) is 5.92 Å². The maximum Gasteiger partial charge on any atom is 0.328 e. The number of hydrogen-bond acceptors (Lipinski definition) is 4. The lowest BCUT2D eigenvalue weighted by Crippen LogP contribution is -2.58. The van der Waals surface area contributed by atoms with Gasteiger partial charge in [-0.05, 0) is 12.3 Å². The summed E-state index contributed by atoms with van der Waals surface area (Å²) < 4.78 is 5.12. The van der Waals surface area contributed by atoms with Crippen LogP contribution in [0.2, 0.25) is 0 Å². The van der Waals surface area contributed by atoms with Gasteiger partial charge in [0, 0.05) is 19.6 Å². The fraction of sp³-hybridized carbons (Fsp3) is 0.833. The number of morpholine rings is 1. The summed E-state index contributed by atoms with van der Waals surface area (Å²) in [6, 6.07) is -1.18. The van der Waals surface area contributed by atoms with Crippen molar-refractivity contribution in [2.45, 2.75) is 25.5 Å². The molecule has 19 heavy (non-hydrogen) atoms. The molecular weight excluding hydrogens is 252 g/mol. The number of rotatable bonds is 1. The summed E-state index contributed by atoms with van der Waals surface area (Å²) in [4.78, 5) is 26.5. The summed E-state index contributed by atoms with van der Waals surface area (Å²) in [7, 11) is 0. The second-order valence-corrected chi connectivity index (χ2v) is 5.18. The lowest BCUT2D eigenvalue weighted by Gasteiger charge is -2.40. The summed E-state index contributed by atoms with van der Waals surface area (Å²) in [6.07, 6.45) is 0.152. The van der Waals surface area contributed by atoms with Crippen LogP contribution in [0.25, 0.3) is 0 Å². The predicted octanol–water partition coefficient (Wildman–Crippen LogP) is -0.405. The van der Waals surface area contributed by atoms with Crippen LogP contribution in [0.1, 0.15) is 13.3 Å². The van der Waals surface area contributed by atoms with E-state index in [-0.39, 0.29) is 24.7 Å². The molecule has 2 N–H and O–H groups in total. The summed E-state index contributed by atoms with van der Waals surface area (Å²) in [6.45, 7) is 3.51. The molecule has 3 unspecified atom stereocenters. The highest BCUT2D eigenvalue weighted by atomic mass is 16.5. The molecule has 0 radical (unpaired) electrons. The highest BCUT2D eigenvalue weighted by molar-refractivity contribution is 5.83. The van der Waals surface area contributed by atoms with Crippen LogP contribution in [0, 0.1) is 5.92 Å². The van der Waals surface area contributed by atoms with Crippen molar-refractivity contribution in [3.63, 3.8) is 0 Å². The van der Waals surface area contributed by atoms with Gasteiger partial charge in [0.25, 0.3) is 0 Å². The SMILES string of the molecule is CC1CN(C(=O)N2CCOCC2C(=O)O)CCC1O. The first-order chi connectivity index (χ1) is 9.00. The van der Waals surface area contributed by atoms with Gasteiger partial charge in [-0.1, -0.05) is 6.92 Å². The summed E-state index contributed by atoms with van der Waals surface area (Å²) >= 11 is 0. The Morgan fingerprint density at radius 3 is 2.68 bits per heavy atom. The van der Waals surface area contributed by atoms with E-state index >= 15 is 0 Å². The number of amides is 2. The van der Waals surface area contributed by atoms with Crippen molar-refractivity contribution in [1.29, 1.82) is 0 Å². The fourth-order valence-corrected chi connectivity index (χ4v) is 2.53. The van der Waals surface area contributed by atoms with E-state index in [9.17, 15) is 14.7 Å². The van der Waals surface area contributed by atoms with Crippen molar-refractivity contribution in [3.05, 3.63) is 0 Å². The molecule has 2 aliphatic rings. The van der Waals surface area contributed by atoms with Gasteiger partial charge in [-0.25, -0.2) is 9.59 Å². The Balaban J connectivity index is 2.03. The van der Waals surface area contributed by atoms with Gasteiger partial charge in [0.05, 0.1) is 19.3 Å². The number of carboxylic acids is 1. The molecule has 2 saturated heterocycles. The van der Waals surface area contributed by atoms with Crippen molar-refractivity contribution in [1.82, 2.24) is 9.80 Å². The number of urea groups is 1. The van der Waals surface area contributed by atoms with Gasteiger partial charge in [0.2, 0.25) is 0 Å². The Kier molecular flexibility index (Phi) is 4.26. The van der Waals surface area contributed by atoms with E-state index in [1.54, 1.807) is 4.90 Å². The molecule has 0 aliphatic carbocycles. The van der Waals surface area contributed by atoms with E-state index in [0.717, 1.165) is 0 Å². The molecule has 0 aromatic carbocycles. The zero-order chi connectivity index (χ0) is 14.0. The van der Waals surface area contributed by atoms with Gasteiger partial charge in [-0.2, -0.15) is 0 Å². The molecule has 2 fully saturated rings. The van der Waals surface area contributed by atoms with Gasteiger partial charge in [-0.15, -0.1) is 0 Å². The standard InChI is InChI=1S/C12H20N2O5/c1-8-6-13(3-2-10(8)15)12(18)14-4-5-19-7-9(14)11(16)17/h8-10,15H,2-7H2,1H3,(H,16,17). The average Bonchev–Trinajstić information content (AvgIpc) is 2.41. The van der Waals surface area contributed by atoms with Crippen LogP contribution in [0.5, 0.6) is 0 Å². The van der Waals surface area contributed by atoms with Gasteiger partial charge >= 0.3 is 12.0 Å². The van der Waals surface area contributed by atoms with Crippen molar-refractivity contribution in [2.75, 3.05) is 32.8 Å². The number of carbonyl (C=O) groups is 2. The smallest absolute Gasteiger partial charge is 0.328 e. The maximum atomic E-state index is 12.4. The first-order valence-corrected chi connectivity index (χ1v) is 6.55. The maximum absolute atomic E-state index is 12.4. The molecule has 0 bridgehead atoms. The molecule has 2 rings (SSSR count). The summed E-state index contributed by atoms with van der Waals surface area (Å²) in [5.41, 5.74) is 0. The topological polar surface area (TPSA) is 90.3 Å². The number of carbonyl (C=O) groups excluding carboxylic acids is 1. The largest absolute Gasteiger partial charge is 0.480 e. The zero-order valence-electron chi connectivity index (χ0n) is 11.0. The number of carboxylic acid groups (broad SMARTS) is 1. The molecule has 0 saturated carbocycles. The molecule has 7 heteroatoms. The first-order valence-electron chi connectivity index (χ1n) is 6.55. The van der Waals surface area contributed by atoms with Crippen molar-refractivity contribution >= 4 is 12.0 Å². The Morgan fingerprint density at radius 2 is 2.05 bits per heavy atom. The monoisotopic (exact) mass is 272 g/mol. The highest BCUT2D eigenvalue weighted by Gasteiger charge is 2.37. The molecule has 2 amide bonds. The van der Waals surface area contributed by atoms with Crippen molar-refractivity contribution in [3.8, 4) is 0 Å². The minimum absolute atomic E-state index is 0.0158. The molecule has 108 valence electrons. The number of ether oxygens (including phenoxy) is 1. The van der Waals surface area contributed by atoms with Crippen LogP contribution < -0.4 is 0 Å². The molecule has 7 nitrogen and oxygen atoms in total. The second-order valence-electron chi connectivity index (χ2n) is 5.18. The third-order valence-corrected chi connectivity index (χ3v) is 3.79. The lowest BCUT2D eigenvalue weighted by atomic mass is 9.97. The normalized spacial score (nSPS) is 32.2. The molecule has 3 atom stereocenters. The Bertz CT molecular complexity index is 362. The van der Waals surface area contributed by atoms with Gasteiger partial charge in [0.15, 0.2) is 6.04 Å². The van der Waals surface area contributed by atoms with E-state index in [1.807, 2.05) is 6.92 Å². The Hall–Kier alpha value is -1.34. The minimum Gasteiger partial charge on any atom is -0.480 e. The fourth-order valence-electron chi connectivity index (χ4n) is 2.53. The van der Waals surface area contributed by atoms with Crippen LogP contribution in [-0.2, 0) is 9.53 Å². The number of likely N-dealkylation sites (tertiary alicyclic amines) is 1. The number of piperidine rings is 1.